The predicted octanol–water partition coefficient (Wildman–Crippen LogP) is 4.93. The standard InChI is InChI=1S/C26H24N4O2/c1-2-24(31)29-14-12-19(16-29)17-30-15-13-23-26(30)25(28-18-27-23)20-8-10-22(11-9-20)32-21-6-4-3-5-7-21/h2-11,13,15,18-19H,1,12,14,16-17H2. The highest BCUT2D eigenvalue weighted by Crippen LogP contribution is 2.30. The Kier molecular flexibility index (Phi) is 5.42. The fourth-order valence-electron chi connectivity index (χ4n) is 4.29. The van der Waals surface area contributed by atoms with Crippen molar-refractivity contribution in [3.63, 3.8) is 0 Å². The van der Waals surface area contributed by atoms with Gasteiger partial charge in [0.15, 0.2) is 0 Å². The van der Waals surface area contributed by atoms with E-state index >= 15 is 0 Å². The van der Waals surface area contributed by atoms with Gasteiger partial charge in [-0.15, -0.1) is 0 Å². The van der Waals surface area contributed by atoms with Gasteiger partial charge < -0.3 is 14.2 Å². The molecule has 0 aliphatic carbocycles. The molecule has 0 N–H and O–H groups in total. The molecule has 4 aromatic rings. The minimum atomic E-state index is 0.00620. The molecule has 1 unspecified atom stereocenters. The number of para-hydroxylation sites is 1. The Labute approximate surface area is 186 Å². The molecule has 6 nitrogen and oxygen atoms in total. The maximum Gasteiger partial charge on any atom is 0.245 e. The van der Waals surface area contributed by atoms with Crippen molar-refractivity contribution in [1.29, 1.82) is 0 Å². The Hall–Kier alpha value is -3.93. The number of benzene rings is 2. The Morgan fingerprint density at radius 2 is 1.84 bits per heavy atom. The Morgan fingerprint density at radius 1 is 1.06 bits per heavy atom. The van der Waals surface area contributed by atoms with Crippen LogP contribution in [0, 0.1) is 5.92 Å². The van der Waals surface area contributed by atoms with Crippen molar-refractivity contribution < 1.29 is 9.53 Å². The molecule has 1 amide bonds. The average molecular weight is 425 g/mol. The molecule has 2 aromatic heterocycles. The maximum absolute atomic E-state index is 11.9. The van der Waals surface area contributed by atoms with Crippen LogP contribution in [-0.2, 0) is 11.3 Å². The van der Waals surface area contributed by atoms with E-state index in [-0.39, 0.29) is 5.91 Å². The number of rotatable bonds is 6. The summed E-state index contributed by atoms with van der Waals surface area (Å²) in [7, 11) is 0. The lowest BCUT2D eigenvalue weighted by molar-refractivity contribution is -0.125. The average Bonchev–Trinajstić information content (AvgIpc) is 3.47. The van der Waals surface area contributed by atoms with Gasteiger partial charge in [0, 0.05) is 31.4 Å². The second kappa shape index (κ2) is 8.67. The summed E-state index contributed by atoms with van der Waals surface area (Å²) in [6.45, 7) is 5.95. The lowest BCUT2D eigenvalue weighted by Gasteiger charge is -2.16. The van der Waals surface area contributed by atoms with Crippen LogP contribution in [0.1, 0.15) is 6.42 Å². The summed E-state index contributed by atoms with van der Waals surface area (Å²) in [6.07, 6.45) is 6.04. The van der Waals surface area contributed by atoms with Crippen molar-refractivity contribution >= 4 is 16.9 Å². The fraction of sp³-hybridized carbons (Fsp3) is 0.192. The van der Waals surface area contributed by atoms with E-state index in [9.17, 15) is 4.79 Å². The van der Waals surface area contributed by atoms with Crippen molar-refractivity contribution in [1.82, 2.24) is 19.4 Å². The number of ether oxygens (including phenoxy) is 1. The molecule has 0 radical (unpaired) electrons. The van der Waals surface area contributed by atoms with Crippen molar-refractivity contribution in [3.05, 3.63) is 85.8 Å². The third kappa shape index (κ3) is 3.99. The molecule has 2 aromatic carbocycles. The van der Waals surface area contributed by atoms with Crippen LogP contribution in [0.25, 0.3) is 22.3 Å². The first-order chi connectivity index (χ1) is 15.7. The normalized spacial score (nSPS) is 15.8. The van der Waals surface area contributed by atoms with Gasteiger partial charge in [-0.2, -0.15) is 0 Å². The second-order valence-electron chi connectivity index (χ2n) is 8.01. The van der Waals surface area contributed by atoms with Crippen LogP contribution in [0.4, 0.5) is 0 Å². The third-order valence-electron chi connectivity index (χ3n) is 5.88. The van der Waals surface area contributed by atoms with E-state index in [1.54, 1.807) is 6.33 Å². The first-order valence-corrected chi connectivity index (χ1v) is 10.8. The van der Waals surface area contributed by atoms with E-state index in [1.165, 1.54) is 6.08 Å². The summed E-state index contributed by atoms with van der Waals surface area (Å²) in [6, 6.07) is 19.7. The van der Waals surface area contributed by atoms with Gasteiger partial charge in [-0.3, -0.25) is 4.79 Å². The number of amides is 1. The van der Waals surface area contributed by atoms with Gasteiger partial charge in [-0.1, -0.05) is 24.8 Å². The highest BCUT2D eigenvalue weighted by atomic mass is 16.5. The van der Waals surface area contributed by atoms with Crippen molar-refractivity contribution in [2.75, 3.05) is 13.1 Å². The fourth-order valence-corrected chi connectivity index (χ4v) is 4.29. The number of carbonyl (C=O) groups is 1. The van der Waals surface area contributed by atoms with Crippen LogP contribution in [0.3, 0.4) is 0 Å². The van der Waals surface area contributed by atoms with Crippen LogP contribution in [0.2, 0.25) is 0 Å². The second-order valence-corrected chi connectivity index (χ2v) is 8.01. The lowest BCUT2D eigenvalue weighted by atomic mass is 10.1. The molecule has 3 heterocycles. The van der Waals surface area contributed by atoms with Gasteiger partial charge >= 0.3 is 0 Å². The Morgan fingerprint density at radius 3 is 2.62 bits per heavy atom. The minimum absolute atomic E-state index is 0.00620. The van der Waals surface area contributed by atoms with Crippen LogP contribution < -0.4 is 4.74 Å². The topological polar surface area (TPSA) is 60.2 Å². The van der Waals surface area contributed by atoms with E-state index in [2.05, 4.69) is 27.3 Å². The molecule has 1 atom stereocenters. The summed E-state index contributed by atoms with van der Waals surface area (Å²) in [5, 5.41) is 0. The summed E-state index contributed by atoms with van der Waals surface area (Å²) >= 11 is 0. The summed E-state index contributed by atoms with van der Waals surface area (Å²) < 4.78 is 8.13. The largest absolute Gasteiger partial charge is 0.457 e. The zero-order chi connectivity index (χ0) is 21.9. The van der Waals surface area contributed by atoms with Gasteiger partial charge in [-0.25, -0.2) is 9.97 Å². The van der Waals surface area contributed by atoms with E-state index in [4.69, 9.17) is 4.74 Å². The molecule has 6 heteroatoms. The Bertz CT molecular complexity index is 1250. The monoisotopic (exact) mass is 424 g/mol. The number of carbonyl (C=O) groups excluding carboxylic acids is 1. The highest BCUT2D eigenvalue weighted by molar-refractivity contribution is 5.90. The SMILES string of the molecule is C=CC(=O)N1CCC(Cn2ccc3ncnc(-c4ccc(Oc5ccccc5)cc4)c32)C1. The molecular formula is C26H24N4O2. The van der Waals surface area contributed by atoms with Crippen LogP contribution in [0.15, 0.2) is 85.8 Å². The van der Waals surface area contributed by atoms with Crippen LogP contribution in [-0.4, -0.2) is 38.4 Å². The van der Waals surface area contributed by atoms with Gasteiger partial charge in [-0.05, 0) is 60.9 Å². The summed E-state index contributed by atoms with van der Waals surface area (Å²) in [5.41, 5.74) is 3.82. The number of likely N-dealkylation sites (tertiary alicyclic amines) is 1. The molecule has 5 rings (SSSR count). The zero-order valence-corrected chi connectivity index (χ0v) is 17.7. The van der Waals surface area contributed by atoms with Crippen molar-refractivity contribution in [3.8, 4) is 22.8 Å². The van der Waals surface area contributed by atoms with E-state index in [0.29, 0.717) is 5.92 Å². The first kappa shape index (κ1) is 20.0. The van der Waals surface area contributed by atoms with Crippen molar-refractivity contribution in [2.24, 2.45) is 5.92 Å². The highest BCUT2D eigenvalue weighted by Gasteiger charge is 2.25. The molecule has 1 saturated heterocycles. The molecule has 160 valence electrons. The Balaban J connectivity index is 1.39. The molecule has 1 fully saturated rings. The van der Waals surface area contributed by atoms with E-state index in [1.807, 2.05) is 65.6 Å². The molecule has 0 bridgehead atoms. The molecule has 32 heavy (non-hydrogen) atoms. The molecule has 1 aliphatic rings. The van der Waals surface area contributed by atoms with E-state index in [0.717, 1.165) is 59.8 Å². The van der Waals surface area contributed by atoms with Crippen molar-refractivity contribution in [2.45, 2.75) is 13.0 Å². The third-order valence-corrected chi connectivity index (χ3v) is 5.88. The molecule has 0 saturated carbocycles. The van der Waals surface area contributed by atoms with Gasteiger partial charge in [0.05, 0.1) is 16.7 Å². The van der Waals surface area contributed by atoms with Gasteiger partial charge in [0.1, 0.15) is 17.8 Å². The lowest BCUT2D eigenvalue weighted by Crippen LogP contribution is -2.27. The molecule has 0 spiro atoms. The van der Waals surface area contributed by atoms with Gasteiger partial charge in [0.25, 0.3) is 0 Å². The predicted molar refractivity (Wildman–Crippen MR) is 124 cm³/mol. The summed E-state index contributed by atoms with van der Waals surface area (Å²) in [4.78, 5) is 22.9. The smallest absolute Gasteiger partial charge is 0.245 e. The maximum atomic E-state index is 11.9. The number of fused-ring (bicyclic) bond motifs is 1. The van der Waals surface area contributed by atoms with Crippen LogP contribution in [0.5, 0.6) is 11.5 Å². The first-order valence-electron chi connectivity index (χ1n) is 10.8. The van der Waals surface area contributed by atoms with Gasteiger partial charge in [0.2, 0.25) is 5.91 Å². The number of aromatic nitrogens is 3. The minimum Gasteiger partial charge on any atom is -0.457 e. The van der Waals surface area contributed by atoms with Crippen LogP contribution >= 0.6 is 0 Å². The number of nitrogens with zero attached hydrogens (tertiary/aromatic N) is 4. The molecular weight excluding hydrogens is 400 g/mol. The summed E-state index contributed by atoms with van der Waals surface area (Å²) in [5.74, 6) is 1.98. The number of hydrogen-bond donors (Lipinski definition) is 0. The quantitative estimate of drug-likeness (QED) is 0.412. The molecule has 1 aliphatic heterocycles. The zero-order valence-electron chi connectivity index (χ0n) is 17.7. The van der Waals surface area contributed by atoms with E-state index < -0.39 is 0 Å². The number of hydrogen-bond acceptors (Lipinski definition) is 4.